The van der Waals surface area contributed by atoms with Gasteiger partial charge in [0.25, 0.3) is 0 Å². The average molecular weight is 551 g/mol. The van der Waals surface area contributed by atoms with Gasteiger partial charge in [0.1, 0.15) is 5.75 Å². The van der Waals surface area contributed by atoms with E-state index >= 15 is 0 Å². The first kappa shape index (κ1) is 31.0. The lowest BCUT2D eigenvalue weighted by molar-refractivity contribution is -0.307. The fraction of sp³-hybridized carbons (Fsp3) is 0.581. The van der Waals surface area contributed by atoms with Crippen LogP contribution < -0.4 is 4.74 Å². The molecule has 8 heteroatoms. The van der Waals surface area contributed by atoms with Crippen molar-refractivity contribution in [2.24, 2.45) is 0 Å². The number of carbonyl (C=O) groups excluding carboxylic acids is 1. The van der Waals surface area contributed by atoms with Gasteiger partial charge in [0.15, 0.2) is 6.10 Å². The highest BCUT2D eigenvalue weighted by Crippen LogP contribution is 2.35. The Kier molecular flexibility index (Phi) is 12.6. The lowest BCUT2D eigenvalue weighted by Gasteiger charge is -2.36. The highest BCUT2D eigenvalue weighted by Gasteiger charge is 2.50. The molecule has 1 aliphatic heterocycles. The van der Waals surface area contributed by atoms with Crippen molar-refractivity contribution >= 4 is 5.97 Å². The van der Waals surface area contributed by atoms with E-state index in [4.69, 9.17) is 18.9 Å². The molecule has 0 N–H and O–H groups in total. The van der Waals surface area contributed by atoms with Gasteiger partial charge in [0.2, 0.25) is 6.29 Å². The lowest BCUT2D eigenvalue weighted by Crippen LogP contribution is -2.50. The smallest absolute Gasteiger partial charge is 0.417 e. The van der Waals surface area contributed by atoms with Crippen LogP contribution in [0, 0.1) is 0 Å². The molecule has 0 spiro atoms. The molecule has 0 bridgehead atoms. The number of benzene rings is 2. The minimum atomic E-state index is -4.61. The molecule has 1 saturated heterocycles. The molecule has 0 aliphatic carbocycles. The van der Waals surface area contributed by atoms with Crippen molar-refractivity contribution in [1.29, 1.82) is 0 Å². The summed E-state index contributed by atoms with van der Waals surface area (Å²) >= 11 is 0. The number of ether oxygens (including phenoxy) is 4. The Morgan fingerprint density at radius 2 is 1.41 bits per heavy atom. The molecular formula is C31H41F3O5. The summed E-state index contributed by atoms with van der Waals surface area (Å²) in [6, 6.07) is 14.5. The summed E-state index contributed by atoms with van der Waals surface area (Å²) in [4.78, 5) is 12.7. The van der Waals surface area contributed by atoms with E-state index in [2.05, 4.69) is 13.8 Å². The minimum Gasteiger partial charge on any atom is -0.494 e. The van der Waals surface area contributed by atoms with Crippen LogP contribution >= 0.6 is 0 Å². The van der Waals surface area contributed by atoms with Crippen molar-refractivity contribution < 1.29 is 36.9 Å². The van der Waals surface area contributed by atoms with Gasteiger partial charge in [0, 0.05) is 13.0 Å². The number of alkyl halides is 3. The Balaban J connectivity index is 1.50. The quantitative estimate of drug-likeness (QED) is 0.164. The first-order chi connectivity index (χ1) is 18.8. The molecule has 0 radical (unpaired) electrons. The molecule has 0 unspecified atom stereocenters. The van der Waals surface area contributed by atoms with E-state index in [9.17, 15) is 18.0 Å². The summed E-state index contributed by atoms with van der Waals surface area (Å²) in [5.41, 5.74) is 2.09. The van der Waals surface area contributed by atoms with E-state index < -0.39 is 30.6 Å². The number of halogens is 3. The average Bonchev–Trinajstić information content (AvgIpc) is 2.93. The van der Waals surface area contributed by atoms with Gasteiger partial charge in [-0.3, -0.25) is 0 Å². The van der Waals surface area contributed by atoms with Crippen LogP contribution in [-0.2, 0) is 14.2 Å². The van der Waals surface area contributed by atoms with Crippen LogP contribution in [0.3, 0.4) is 0 Å². The second-order valence-corrected chi connectivity index (χ2v) is 9.99. The van der Waals surface area contributed by atoms with Crippen molar-refractivity contribution in [1.82, 2.24) is 0 Å². The third-order valence-electron chi connectivity index (χ3n) is 6.79. The molecule has 0 aromatic heterocycles. The second kappa shape index (κ2) is 15.9. The standard InChI is InChI=1S/C31H41F3O5/c1-3-5-7-9-21-36-26-17-15-24(16-18-26)23-11-13-25(14-12-23)30(35)39-28-20-19-27(29(38-28)31(32,33)34)37-22-10-8-6-4-2/h11-18,27-29H,3-10,19-22H2,1-2H3/t27-,28+,29+/m1/s1. The molecule has 1 heterocycles. The SMILES string of the molecule is CCCCCCOc1ccc(-c2ccc(C(=O)O[C@H]3CC[C@@H](OCCCCCC)[C@@H](C(F)(F)F)O3)cc2)cc1. The van der Waals surface area contributed by atoms with E-state index in [0.717, 1.165) is 49.0 Å². The summed E-state index contributed by atoms with van der Waals surface area (Å²) in [7, 11) is 0. The van der Waals surface area contributed by atoms with Crippen molar-refractivity contribution in [3.05, 3.63) is 54.1 Å². The van der Waals surface area contributed by atoms with E-state index in [1.54, 1.807) is 24.3 Å². The summed E-state index contributed by atoms with van der Waals surface area (Å²) < 4.78 is 62.7. The number of rotatable bonds is 15. The first-order valence-electron chi connectivity index (χ1n) is 14.2. The van der Waals surface area contributed by atoms with Crippen LogP contribution in [0.5, 0.6) is 5.75 Å². The van der Waals surface area contributed by atoms with Gasteiger partial charge in [-0.25, -0.2) is 4.79 Å². The zero-order valence-corrected chi connectivity index (χ0v) is 23.0. The molecule has 5 nitrogen and oxygen atoms in total. The predicted molar refractivity (Wildman–Crippen MR) is 145 cm³/mol. The molecule has 2 aromatic carbocycles. The Labute approximate surface area is 230 Å². The number of esters is 1. The highest BCUT2D eigenvalue weighted by molar-refractivity contribution is 5.90. The second-order valence-electron chi connectivity index (χ2n) is 9.99. The summed E-state index contributed by atoms with van der Waals surface area (Å²) in [5.74, 6) is 0.0856. The maximum absolute atomic E-state index is 13.6. The van der Waals surface area contributed by atoms with Gasteiger partial charge >= 0.3 is 12.1 Å². The minimum absolute atomic E-state index is 0.104. The fourth-order valence-electron chi connectivity index (χ4n) is 4.53. The number of carbonyl (C=O) groups is 1. The zero-order chi connectivity index (χ0) is 28.1. The molecular weight excluding hydrogens is 509 g/mol. The van der Waals surface area contributed by atoms with Crippen LogP contribution in [0.25, 0.3) is 11.1 Å². The third-order valence-corrected chi connectivity index (χ3v) is 6.79. The summed E-state index contributed by atoms with van der Waals surface area (Å²) in [5, 5.41) is 0. The number of hydrogen-bond donors (Lipinski definition) is 0. The van der Waals surface area contributed by atoms with E-state index in [1.807, 2.05) is 24.3 Å². The highest BCUT2D eigenvalue weighted by atomic mass is 19.4. The largest absolute Gasteiger partial charge is 0.494 e. The topological polar surface area (TPSA) is 54.0 Å². The van der Waals surface area contributed by atoms with Crippen molar-refractivity contribution in [2.75, 3.05) is 13.2 Å². The van der Waals surface area contributed by atoms with Crippen LogP contribution in [0.4, 0.5) is 13.2 Å². The van der Waals surface area contributed by atoms with Crippen LogP contribution in [0.1, 0.15) is 88.4 Å². The lowest BCUT2D eigenvalue weighted by atomic mass is 10.0. The molecule has 39 heavy (non-hydrogen) atoms. The van der Waals surface area contributed by atoms with Crippen molar-refractivity contribution in [3.63, 3.8) is 0 Å². The van der Waals surface area contributed by atoms with E-state index in [1.165, 1.54) is 12.8 Å². The molecule has 3 rings (SSSR count). The third kappa shape index (κ3) is 10.2. The van der Waals surface area contributed by atoms with Crippen molar-refractivity contribution in [2.45, 2.75) is 103 Å². The van der Waals surface area contributed by atoms with Gasteiger partial charge in [-0.2, -0.15) is 13.2 Å². The Morgan fingerprint density at radius 3 is 2.00 bits per heavy atom. The summed E-state index contributed by atoms with van der Waals surface area (Å²) in [6.07, 6.45) is -0.599. The molecule has 216 valence electrons. The molecule has 1 aliphatic rings. The van der Waals surface area contributed by atoms with E-state index in [-0.39, 0.29) is 25.0 Å². The van der Waals surface area contributed by atoms with Crippen LogP contribution in [0.15, 0.2) is 48.5 Å². The Bertz CT molecular complexity index is 975. The van der Waals surface area contributed by atoms with Gasteiger partial charge in [-0.05, 0) is 54.7 Å². The molecule has 0 amide bonds. The molecule has 1 fully saturated rings. The normalized spacial score (nSPS) is 19.6. The van der Waals surface area contributed by atoms with Crippen LogP contribution in [0.2, 0.25) is 0 Å². The molecule has 2 aromatic rings. The Morgan fingerprint density at radius 1 is 0.821 bits per heavy atom. The number of unbranched alkanes of at least 4 members (excludes halogenated alkanes) is 6. The number of hydrogen-bond acceptors (Lipinski definition) is 5. The van der Waals surface area contributed by atoms with Gasteiger partial charge in [-0.1, -0.05) is 76.6 Å². The summed E-state index contributed by atoms with van der Waals surface area (Å²) in [6.45, 7) is 5.19. The monoisotopic (exact) mass is 550 g/mol. The maximum atomic E-state index is 13.6. The van der Waals surface area contributed by atoms with E-state index in [0.29, 0.717) is 13.0 Å². The van der Waals surface area contributed by atoms with Crippen LogP contribution in [-0.4, -0.2) is 43.9 Å². The van der Waals surface area contributed by atoms with Gasteiger partial charge in [0.05, 0.1) is 18.3 Å². The Hall–Kier alpha value is -2.58. The first-order valence-corrected chi connectivity index (χ1v) is 14.2. The molecule has 0 saturated carbocycles. The zero-order valence-electron chi connectivity index (χ0n) is 23.0. The van der Waals surface area contributed by atoms with Gasteiger partial charge in [-0.15, -0.1) is 0 Å². The molecule has 3 atom stereocenters. The predicted octanol–water partition coefficient (Wildman–Crippen LogP) is 8.50. The maximum Gasteiger partial charge on any atom is 0.417 e. The van der Waals surface area contributed by atoms with Crippen molar-refractivity contribution in [3.8, 4) is 16.9 Å². The van der Waals surface area contributed by atoms with Gasteiger partial charge < -0.3 is 18.9 Å². The fourth-order valence-corrected chi connectivity index (χ4v) is 4.53.